The number of likely N-dealkylation sites (tertiary alicyclic amines) is 1. The lowest BCUT2D eigenvalue weighted by atomic mass is 9.80. The van der Waals surface area contributed by atoms with Gasteiger partial charge in [-0.15, -0.1) is 0 Å². The Labute approximate surface area is 153 Å². The first-order chi connectivity index (χ1) is 12.6. The van der Waals surface area contributed by atoms with Gasteiger partial charge in [0.15, 0.2) is 0 Å². The third kappa shape index (κ3) is 3.66. The number of ether oxygens (including phenoxy) is 1. The van der Waals surface area contributed by atoms with Crippen LogP contribution < -0.4 is 0 Å². The Morgan fingerprint density at radius 1 is 1.38 bits per heavy atom. The second kappa shape index (κ2) is 7.20. The van der Waals surface area contributed by atoms with Crippen LogP contribution in [0.15, 0.2) is 24.8 Å². The fourth-order valence-electron chi connectivity index (χ4n) is 4.14. The predicted molar refractivity (Wildman–Crippen MR) is 95.5 cm³/mol. The molecule has 8 heteroatoms. The van der Waals surface area contributed by atoms with Gasteiger partial charge in [0.1, 0.15) is 5.69 Å². The maximum atomic E-state index is 12.8. The summed E-state index contributed by atoms with van der Waals surface area (Å²) >= 11 is 0. The molecule has 1 amide bonds. The van der Waals surface area contributed by atoms with Crippen LogP contribution in [0.2, 0.25) is 0 Å². The minimum atomic E-state index is -0.0147. The van der Waals surface area contributed by atoms with E-state index in [9.17, 15) is 4.79 Å². The maximum absolute atomic E-state index is 12.8. The molecule has 0 bridgehead atoms. The smallest absolute Gasteiger partial charge is 0.274 e. The Hall–Kier alpha value is -2.19. The fourth-order valence-corrected chi connectivity index (χ4v) is 4.14. The Morgan fingerprint density at radius 3 is 3.08 bits per heavy atom. The molecule has 8 nitrogen and oxygen atoms in total. The normalized spacial score (nSPS) is 24.7. The molecule has 0 aromatic carbocycles. The van der Waals surface area contributed by atoms with Gasteiger partial charge < -0.3 is 14.2 Å². The summed E-state index contributed by atoms with van der Waals surface area (Å²) in [5.41, 5.74) is 1.62. The average Bonchev–Trinajstić information content (AvgIpc) is 3.26. The number of hydrogen-bond acceptors (Lipinski definition) is 5. The van der Waals surface area contributed by atoms with Gasteiger partial charge in [-0.2, -0.15) is 5.10 Å². The van der Waals surface area contributed by atoms with Gasteiger partial charge in [-0.05, 0) is 18.9 Å². The molecule has 0 aliphatic carbocycles. The minimum absolute atomic E-state index is 0.0147. The van der Waals surface area contributed by atoms with E-state index < -0.39 is 0 Å². The zero-order chi connectivity index (χ0) is 18.0. The number of H-pyrrole nitrogens is 1. The van der Waals surface area contributed by atoms with Crippen LogP contribution in [0.1, 0.15) is 29.0 Å². The van der Waals surface area contributed by atoms with E-state index in [0.29, 0.717) is 12.3 Å². The van der Waals surface area contributed by atoms with E-state index in [2.05, 4.69) is 20.1 Å². The van der Waals surface area contributed by atoms with Crippen molar-refractivity contribution in [3.8, 4) is 0 Å². The lowest BCUT2D eigenvalue weighted by Crippen LogP contribution is -2.52. The number of piperidine rings is 1. The van der Waals surface area contributed by atoms with Crippen LogP contribution in [0.25, 0.3) is 0 Å². The van der Waals surface area contributed by atoms with Crippen molar-refractivity contribution >= 4 is 5.91 Å². The number of hydrogen-bond donors (Lipinski definition) is 1. The Balaban J connectivity index is 1.47. The van der Waals surface area contributed by atoms with Gasteiger partial charge in [-0.3, -0.25) is 14.8 Å². The number of nitrogens with one attached hydrogen (secondary N) is 1. The van der Waals surface area contributed by atoms with Gasteiger partial charge in [-0.25, -0.2) is 4.98 Å². The van der Waals surface area contributed by atoms with Crippen molar-refractivity contribution in [1.29, 1.82) is 0 Å². The molecule has 1 atom stereocenters. The lowest BCUT2D eigenvalue weighted by Gasteiger charge is -2.43. The van der Waals surface area contributed by atoms with Gasteiger partial charge in [0.2, 0.25) is 0 Å². The van der Waals surface area contributed by atoms with E-state index in [1.807, 2.05) is 22.6 Å². The van der Waals surface area contributed by atoms with Gasteiger partial charge in [0, 0.05) is 63.3 Å². The summed E-state index contributed by atoms with van der Waals surface area (Å²) in [5.74, 6) is 0.0223. The molecule has 1 spiro atoms. The van der Waals surface area contributed by atoms with Crippen molar-refractivity contribution in [3.05, 3.63) is 36.2 Å². The summed E-state index contributed by atoms with van der Waals surface area (Å²) in [5, 5.41) is 7.08. The van der Waals surface area contributed by atoms with E-state index >= 15 is 0 Å². The van der Waals surface area contributed by atoms with Crippen molar-refractivity contribution in [2.75, 3.05) is 39.4 Å². The van der Waals surface area contributed by atoms with E-state index in [1.54, 1.807) is 18.7 Å². The summed E-state index contributed by atoms with van der Waals surface area (Å²) in [7, 11) is 1.88. The molecule has 0 radical (unpaired) electrons. The first-order valence-corrected chi connectivity index (χ1v) is 9.19. The third-order valence-corrected chi connectivity index (χ3v) is 5.34. The number of carbonyl (C=O) groups is 1. The van der Waals surface area contributed by atoms with Crippen LogP contribution >= 0.6 is 0 Å². The van der Waals surface area contributed by atoms with Gasteiger partial charge in [0.25, 0.3) is 5.91 Å². The molecule has 2 fully saturated rings. The number of carbonyl (C=O) groups excluding carboxylic acids is 1. The maximum Gasteiger partial charge on any atom is 0.274 e. The highest BCUT2D eigenvalue weighted by Crippen LogP contribution is 2.34. The zero-order valence-corrected chi connectivity index (χ0v) is 15.2. The molecule has 26 heavy (non-hydrogen) atoms. The lowest BCUT2D eigenvalue weighted by molar-refractivity contribution is 0.00668. The van der Waals surface area contributed by atoms with Crippen LogP contribution in [0.5, 0.6) is 0 Å². The highest BCUT2D eigenvalue weighted by Gasteiger charge is 2.40. The summed E-state index contributed by atoms with van der Waals surface area (Å²) in [6.07, 6.45) is 7.33. The molecule has 4 rings (SSSR count). The monoisotopic (exact) mass is 358 g/mol. The third-order valence-electron chi connectivity index (χ3n) is 5.34. The molecule has 4 heterocycles. The Kier molecular flexibility index (Phi) is 4.78. The van der Waals surface area contributed by atoms with Gasteiger partial charge >= 0.3 is 0 Å². The standard InChI is InChI=1S/C18H26N6O2/c1-22-10-16(19-14-22)17(25)24-6-2-4-18(12-24)11-23(7-8-26-13-18)9-15-3-5-20-21-15/h3,5,10,14H,2,4,6-9,11-13H2,1H3,(H,20,21). The van der Waals surface area contributed by atoms with E-state index in [-0.39, 0.29) is 11.3 Å². The second-order valence-electron chi connectivity index (χ2n) is 7.60. The molecule has 140 valence electrons. The summed E-state index contributed by atoms with van der Waals surface area (Å²) < 4.78 is 7.76. The summed E-state index contributed by atoms with van der Waals surface area (Å²) in [4.78, 5) is 21.4. The molecule has 2 aliphatic heterocycles. The number of aromatic nitrogens is 4. The summed E-state index contributed by atoms with van der Waals surface area (Å²) in [6, 6.07) is 2.01. The number of aromatic amines is 1. The van der Waals surface area contributed by atoms with E-state index in [1.165, 1.54) is 0 Å². The SMILES string of the molecule is Cn1cnc(C(=O)N2CCCC3(COCCN(Cc4ccn[nH]4)C3)C2)c1. The molecule has 0 saturated carbocycles. The first-order valence-electron chi connectivity index (χ1n) is 9.19. The Bertz CT molecular complexity index is 743. The van der Waals surface area contributed by atoms with E-state index in [0.717, 1.165) is 57.9 Å². The Morgan fingerprint density at radius 2 is 2.31 bits per heavy atom. The highest BCUT2D eigenvalue weighted by molar-refractivity contribution is 5.92. The molecule has 2 saturated heterocycles. The number of rotatable bonds is 3. The minimum Gasteiger partial charge on any atom is -0.379 e. The van der Waals surface area contributed by atoms with Crippen LogP contribution in [0.3, 0.4) is 0 Å². The van der Waals surface area contributed by atoms with Gasteiger partial charge in [0.05, 0.1) is 19.5 Å². The van der Waals surface area contributed by atoms with Crippen molar-refractivity contribution in [1.82, 2.24) is 29.5 Å². The number of amides is 1. The molecular weight excluding hydrogens is 332 g/mol. The molecule has 2 aromatic rings. The fraction of sp³-hybridized carbons (Fsp3) is 0.611. The topological polar surface area (TPSA) is 79.3 Å². The van der Waals surface area contributed by atoms with Crippen LogP contribution in [0.4, 0.5) is 0 Å². The average molecular weight is 358 g/mol. The van der Waals surface area contributed by atoms with Crippen molar-refractivity contribution in [2.45, 2.75) is 19.4 Å². The molecular formula is C18H26N6O2. The summed E-state index contributed by atoms with van der Waals surface area (Å²) in [6.45, 7) is 5.61. The van der Waals surface area contributed by atoms with Crippen molar-refractivity contribution in [2.24, 2.45) is 12.5 Å². The van der Waals surface area contributed by atoms with Crippen LogP contribution in [-0.4, -0.2) is 74.8 Å². The van der Waals surface area contributed by atoms with Crippen LogP contribution in [-0.2, 0) is 18.3 Å². The zero-order valence-electron chi connectivity index (χ0n) is 15.2. The largest absolute Gasteiger partial charge is 0.379 e. The van der Waals surface area contributed by atoms with Crippen LogP contribution in [0, 0.1) is 5.41 Å². The molecule has 1 unspecified atom stereocenters. The van der Waals surface area contributed by atoms with Crippen molar-refractivity contribution < 1.29 is 9.53 Å². The van der Waals surface area contributed by atoms with E-state index in [4.69, 9.17) is 4.74 Å². The molecule has 2 aromatic heterocycles. The predicted octanol–water partition coefficient (Wildman–Crippen LogP) is 0.898. The van der Waals surface area contributed by atoms with Gasteiger partial charge in [-0.1, -0.05) is 0 Å². The molecule has 2 aliphatic rings. The highest BCUT2D eigenvalue weighted by atomic mass is 16.5. The molecule has 1 N–H and O–H groups in total. The number of imidazole rings is 1. The first kappa shape index (κ1) is 17.2. The number of aryl methyl sites for hydroxylation is 1. The van der Waals surface area contributed by atoms with Crippen molar-refractivity contribution in [3.63, 3.8) is 0 Å². The number of nitrogens with zero attached hydrogens (tertiary/aromatic N) is 5. The quantitative estimate of drug-likeness (QED) is 0.882. The second-order valence-corrected chi connectivity index (χ2v) is 7.60.